The van der Waals surface area contributed by atoms with Crippen molar-refractivity contribution in [3.63, 3.8) is 0 Å². The summed E-state index contributed by atoms with van der Waals surface area (Å²) in [6.07, 6.45) is 2.33. The number of nitrogens with one attached hydrogen (secondary N) is 1. The topological polar surface area (TPSA) is 96.0 Å². The van der Waals surface area contributed by atoms with Gasteiger partial charge in [-0.05, 0) is 73.2 Å². The van der Waals surface area contributed by atoms with E-state index in [9.17, 15) is 18.0 Å². The van der Waals surface area contributed by atoms with Gasteiger partial charge in [0, 0.05) is 37.6 Å². The zero-order valence-corrected chi connectivity index (χ0v) is 25.0. The SMILES string of the molecule is COc1ccc(CN(C(=O)CCc2ccc(S(=O)(=O)N3CCCC3)cc2)C(C)C(=O)NCc2ccccc2Cl)cc1. The third-order valence-electron chi connectivity index (χ3n) is 7.34. The molecule has 1 N–H and O–H groups in total. The van der Waals surface area contributed by atoms with Gasteiger partial charge in [-0.15, -0.1) is 0 Å². The van der Waals surface area contributed by atoms with Crippen LogP contribution in [-0.2, 0) is 39.1 Å². The fourth-order valence-electron chi connectivity index (χ4n) is 4.78. The first-order valence-corrected chi connectivity index (χ1v) is 15.5. The van der Waals surface area contributed by atoms with Crippen molar-refractivity contribution in [1.29, 1.82) is 0 Å². The minimum atomic E-state index is -3.49. The quantitative estimate of drug-likeness (QED) is 0.324. The molecule has 0 bridgehead atoms. The molecular weight excluding hydrogens is 562 g/mol. The Morgan fingerprint density at radius 1 is 0.976 bits per heavy atom. The first kappa shape index (κ1) is 30.6. The van der Waals surface area contributed by atoms with Crippen molar-refractivity contribution in [2.45, 2.75) is 56.6 Å². The number of nitrogens with zero attached hydrogens (tertiary/aromatic N) is 2. The molecule has 0 aliphatic carbocycles. The zero-order chi connectivity index (χ0) is 29.4. The fraction of sp³-hybridized carbons (Fsp3) is 0.355. The highest BCUT2D eigenvalue weighted by atomic mass is 35.5. The van der Waals surface area contributed by atoms with Gasteiger partial charge in [0.1, 0.15) is 11.8 Å². The number of aryl methyl sites for hydroxylation is 1. The van der Waals surface area contributed by atoms with Crippen molar-refractivity contribution in [2.24, 2.45) is 0 Å². The Hall–Kier alpha value is -3.40. The van der Waals surface area contributed by atoms with E-state index in [0.29, 0.717) is 30.3 Å². The van der Waals surface area contributed by atoms with Crippen LogP contribution < -0.4 is 10.1 Å². The van der Waals surface area contributed by atoms with Crippen LogP contribution in [0.3, 0.4) is 0 Å². The summed E-state index contributed by atoms with van der Waals surface area (Å²) in [4.78, 5) is 28.5. The molecular formula is C31H36ClN3O5S. The number of rotatable bonds is 12. The highest BCUT2D eigenvalue weighted by Crippen LogP contribution is 2.22. The summed E-state index contributed by atoms with van der Waals surface area (Å²) in [5.41, 5.74) is 2.50. The van der Waals surface area contributed by atoms with Crippen molar-refractivity contribution in [1.82, 2.24) is 14.5 Å². The molecule has 1 aliphatic rings. The number of carbonyl (C=O) groups excluding carboxylic acids is 2. The molecule has 1 aliphatic heterocycles. The van der Waals surface area contributed by atoms with Crippen LogP contribution >= 0.6 is 11.6 Å². The minimum absolute atomic E-state index is 0.163. The minimum Gasteiger partial charge on any atom is -0.497 e. The highest BCUT2D eigenvalue weighted by molar-refractivity contribution is 7.89. The molecule has 1 fully saturated rings. The molecule has 2 amide bonds. The number of ether oxygens (including phenoxy) is 1. The molecule has 0 saturated carbocycles. The highest BCUT2D eigenvalue weighted by Gasteiger charge is 2.28. The average molecular weight is 598 g/mol. The Bertz CT molecular complexity index is 1440. The molecule has 0 spiro atoms. The predicted octanol–water partition coefficient (Wildman–Crippen LogP) is 4.80. The van der Waals surface area contributed by atoms with E-state index in [4.69, 9.17) is 16.3 Å². The van der Waals surface area contributed by atoms with E-state index < -0.39 is 16.1 Å². The summed E-state index contributed by atoms with van der Waals surface area (Å²) < 4.78 is 32.4. The molecule has 218 valence electrons. The molecule has 1 atom stereocenters. The zero-order valence-electron chi connectivity index (χ0n) is 23.4. The summed E-state index contributed by atoms with van der Waals surface area (Å²) in [5, 5.41) is 3.46. The van der Waals surface area contributed by atoms with Crippen LogP contribution in [0.1, 0.15) is 42.9 Å². The number of amides is 2. The van der Waals surface area contributed by atoms with Crippen LogP contribution in [0.25, 0.3) is 0 Å². The van der Waals surface area contributed by atoms with E-state index in [2.05, 4.69) is 5.32 Å². The van der Waals surface area contributed by atoms with Gasteiger partial charge in [-0.3, -0.25) is 9.59 Å². The second kappa shape index (κ2) is 14.0. The summed E-state index contributed by atoms with van der Waals surface area (Å²) in [7, 11) is -1.90. The lowest BCUT2D eigenvalue weighted by atomic mass is 10.1. The number of benzene rings is 3. The van der Waals surface area contributed by atoms with Gasteiger partial charge in [-0.25, -0.2) is 8.42 Å². The van der Waals surface area contributed by atoms with E-state index in [1.165, 1.54) is 4.31 Å². The first-order chi connectivity index (χ1) is 19.7. The Labute approximate surface area is 247 Å². The van der Waals surface area contributed by atoms with Gasteiger partial charge >= 0.3 is 0 Å². The largest absolute Gasteiger partial charge is 0.497 e. The number of carbonyl (C=O) groups is 2. The van der Waals surface area contributed by atoms with Crippen LogP contribution in [0.15, 0.2) is 77.7 Å². The molecule has 1 saturated heterocycles. The molecule has 0 aromatic heterocycles. The van der Waals surface area contributed by atoms with E-state index in [1.807, 2.05) is 42.5 Å². The van der Waals surface area contributed by atoms with Crippen LogP contribution in [0, 0.1) is 0 Å². The van der Waals surface area contributed by atoms with Crippen LogP contribution in [0.5, 0.6) is 5.75 Å². The first-order valence-electron chi connectivity index (χ1n) is 13.7. The standard InChI is InChI=1S/C31H36ClN3O5S/c1-23(31(37)33-21-26-7-3-4-8-29(26)32)35(22-25-9-14-27(40-2)15-10-25)30(36)18-13-24-11-16-28(17-12-24)41(38,39)34-19-5-6-20-34/h3-4,7-12,14-17,23H,5-6,13,18-22H2,1-2H3,(H,33,37). The normalized spacial score (nSPS) is 14.4. The second-order valence-corrected chi connectivity index (χ2v) is 12.5. The van der Waals surface area contributed by atoms with E-state index in [1.54, 1.807) is 49.3 Å². The monoisotopic (exact) mass is 597 g/mol. The van der Waals surface area contributed by atoms with Crippen molar-refractivity contribution >= 4 is 33.4 Å². The van der Waals surface area contributed by atoms with Crippen molar-refractivity contribution in [3.8, 4) is 5.75 Å². The number of halogens is 1. The van der Waals surface area contributed by atoms with Gasteiger partial charge < -0.3 is 15.0 Å². The van der Waals surface area contributed by atoms with Gasteiger partial charge in [-0.2, -0.15) is 4.31 Å². The number of methoxy groups -OCH3 is 1. The summed E-state index contributed by atoms with van der Waals surface area (Å²) in [6.45, 7) is 3.30. The maximum atomic E-state index is 13.5. The maximum Gasteiger partial charge on any atom is 0.243 e. The summed E-state index contributed by atoms with van der Waals surface area (Å²) >= 11 is 6.24. The Morgan fingerprint density at radius 2 is 1.61 bits per heavy atom. The molecule has 1 unspecified atom stereocenters. The lowest BCUT2D eigenvalue weighted by molar-refractivity contribution is -0.140. The third-order valence-corrected chi connectivity index (χ3v) is 9.63. The predicted molar refractivity (Wildman–Crippen MR) is 159 cm³/mol. The smallest absolute Gasteiger partial charge is 0.243 e. The number of hydrogen-bond acceptors (Lipinski definition) is 5. The van der Waals surface area contributed by atoms with E-state index in [-0.39, 0.29) is 36.2 Å². The summed E-state index contributed by atoms with van der Waals surface area (Å²) in [5.74, 6) is 0.227. The van der Waals surface area contributed by atoms with Gasteiger partial charge in [0.05, 0.1) is 12.0 Å². The molecule has 4 rings (SSSR count). The van der Waals surface area contributed by atoms with Crippen molar-refractivity contribution in [3.05, 3.63) is 94.5 Å². The third kappa shape index (κ3) is 7.87. The molecule has 8 nitrogen and oxygen atoms in total. The van der Waals surface area contributed by atoms with Gasteiger partial charge in [-0.1, -0.05) is 54.1 Å². The lowest BCUT2D eigenvalue weighted by Crippen LogP contribution is -2.47. The van der Waals surface area contributed by atoms with Crippen molar-refractivity contribution < 1.29 is 22.7 Å². The Morgan fingerprint density at radius 3 is 2.24 bits per heavy atom. The van der Waals surface area contributed by atoms with E-state index in [0.717, 1.165) is 29.5 Å². The molecule has 1 heterocycles. The number of sulfonamides is 1. The average Bonchev–Trinajstić information content (AvgIpc) is 3.55. The van der Waals surface area contributed by atoms with Gasteiger partial charge in [0.25, 0.3) is 0 Å². The van der Waals surface area contributed by atoms with E-state index >= 15 is 0 Å². The second-order valence-electron chi connectivity index (χ2n) is 10.1. The van der Waals surface area contributed by atoms with Crippen LogP contribution in [0.2, 0.25) is 5.02 Å². The van der Waals surface area contributed by atoms with Crippen LogP contribution in [-0.4, -0.2) is 55.7 Å². The van der Waals surface area contributed by atoms with Crippen LogP contribution in [0.4, 0.5) is 0 Å². The summed E-state index contributed by atoms with van der Waals surface area (Å²) in [6, 6.07) is 20.6. The Balaban J connectivity index is 1.44. The maximum absolute atomic E-state index is 13.5. The fourth-order valence-corrected chi connectivity index (χ4v) is 6.50. The lowest BCUT2D eigenvalue weighted by Gasteiger charge is -2.29. The molecule has 0 radical (unpaired) electrons. The van der Waals surface area contributed by atoms with Crippen molar-refractivity contribution in [2.75, 3.05) is 20.2 Å². The molecule has 3 aromatic rings. The van der Waals surface area contributed by atoms with Gasteiger partial charge in [0.2, 0.25) is 21.8 Å². The molecule has 41 heavy (non-hydrogen) atoms. The molecule has 3 aromatic carbocycles. The van der Waals surface area contributed by atoms with Gasteiger partial charge in [0.15, 0.2) is 0 Å². The Kier molecular flexibility index (Phi) is 10.4. The number of hydrogen-bond donors (Lipinski definition) is 1. The molecule has 10 heteroatoms.